The molecule has 0 atom stereocenters. The summed E-state index contributed by atoms with van der Waals surface area (Å²) >= 11 is 1.45. The number of nitrogens with zero attached hydrogens (tertiary/aromatic N) is 3. The number of benzene rings is 1. The highest BCUT2D eigenvalue weighted by molar-refractivity contribution is 7.12. The molecule has 1 aliphatic rings. The molecule has 0 radical (unpaired) electrons. The Morgan fingerprint density at radius 3 is 2.48 bits per heavy atom. The minimum Gasteiger partial charge on any atom is -0.338 e. The Hall–Kier alpha value is -2.25. The van der Waals surface area contributed by atoms with Crippen LogP contribution in [0.3, 0.4) is 0 Å². The lowest BCUT2D eigenvalue weighted by molar-refractivity contribution is -0.133. The minimum absolute atomic E-state index is 0.0507. The van der Waals surface area contributed by atoms with Crippen molar-refractivity contribution in [2.75, 3.05) is 45.8 Å². The summed E-state index contributed by atoms with van der Waals surface area (Å²) in [5.41, 5.74) is 0.944. The third-order valence-corrected chi connectivity index (χ3v) is 6.01. The Morgan fingerprint density at radius 1 is 1.07 bits per heavy atom. The Labute approximate surface area is 175 Å². The van der Waals surface area contributed by atoms with Crippen molar-refractivity contribution >= 4 is 23.2 Å². The lowest BCUT2D eigenvalue weighted by Gasteiger charge is -2.35. The predicted molar refractivity (Wildman–Crippen MR) is 114 cm³/mol. The predicted octanol–water partition coefficient (Wildman–Crippen LogP) is 3.13. The fourth-order valence-electron chi connectivity index (χ4n) is 3.57. The molecule has 29 heavy (non-hydrogen) atoms. The first-order valence-corrected chi connectivity index (χ1v) is 11.0. The molecule has 2 aromatic rings. The van der Waals surface area contributed by atoms with Gasteiger partial charge in [0, 0.05) is 32.7 Å². The highest BCUT2D eigenvalue weighted by atomic mass is 32.1. The molecular formula is C22H28FN3O2S. The topological polar surface area (TPSA) is 43.9 Å². The van der Waals surface area contributed by atoms with E-state index in [1.54, 1.807) is 12.1 Å². The molecule has 1 aromatic carbocycles. The molecule has 1 aromatic heterocycles. The molecule has 3 rings (SSSR count). The van der Waals surface area contributed by atoms with Crippen LogP contribution in [-0.4, -0.2) is 72.3 Å². The van der Waals surface area contributed by atoms with E-state index >= 15 is 0 Å². The van der Waals surface area contributed by atoms with Crippen LogP contribution in [0.5, 0.6) is 0 Å². The molecule has 5 nitrogen and oxygen atoms in total. The van der Waals surface area contributed by atoms with Gasteiger partial charge in [-0.15, -0.1) is 11.3 Å². The summed E-state index contributed by atoms with van der Waals surface area (Å²) < 4.78 is 13.4. The maximum atomic E-state index is 13.4. The van der Waals surface area contributed by atoms with E-state index in [9.17, 15) is 14.0 Å². The lowest BCUT2D eigenvalue weighted by Crippen LogP contribution is -2.52. The number of thiophene rings is 1. The molecule has 0 aliphatic carbocycles. The Morgan fingerprint density at radius 2 is 1.83 bits per heavy atom. The van der Waals surface area contributed by atoms with E-state index in [0.717, 1.165) is 30.0 Å². The summed E-state index contributed by atoms with van der Waals surface area (Å²) in [4.78, 5) is 31.8. The van der Waals surface area contributed by atoms with Gasteiger partial charge in [-0.1, -0.05) is 25.1 Å². The van der Waals surface area contributed by atoms with Crippen molar-refractivity contribution < 1.29 is 14.0 Å². The summed E-state index contributed by atoms with van der Waals surface area (Å²) in [6.45, 7) is 6.28. The second-order valence-corrected chi connectivity index (χ2v) is 8.25. The largest absolute Gasteiger partial charge is 0.338 e. The van der Waals surface area contributed by atoms with E-state index in [2.05, 4.69) is 11.8 Å². The zero-order chi connectivity index (χ0) is 20.6. The van der Waals surface area contributed by atoms with Crippen LogP contribution in [0.4, 0.5) is 4.39 Å². The van der Waals surface area contributed by atoms with Gasteiger partial charge in [-0.3, -0.25) is 14.5 Å². The van der Waals surface area contributed by atoms with Crippen molar-refractivity contribution in [2.24, 2.45) is 0 Å². The minimum atomic E-state index is -0.226. The van der Waals surface area contributed by atoms with Crippen LogP contribution in [0.1, 0.15) is 28.6 Å². The summed E-state index contributed by atoms with van der Waals surface area (Å²) in [6.07, 6.45) is 1.67. The first-order valence-electron chi connectivity index (χ1n) is 10.1. The van der Waals surface area contributed by atoms with Crippen LogP contribution in [0.15, 0.2) is 41.8 Å². The van der Waals surface area contributed by atoms with Crippen LogP contribution in [0.2, 0.25) is 0 Å². The highest BCUT2D eigenvalue weighted by Gasteiger charge is 2.26. The zero-order valence-electron chi connectivity index (χ0n) is 16.8. The van der Waals surface area contributed by atoms with Gasteiger partial charge in [0.1, 0.15) is 5.82 Å². The van der Waals surface area contributed by atoms with E-state index in [1.165, 1.54) is 17.4 Å². The van der Waals surface area contributed by atoms with E-state index < -0.39 is 0 Å². The molecule has 0 saturated carbocycles. The number of piperazine rings is 1. The molecule has 0 bridgehead atoms. The van der Waals surface area contributed by atoms with Gasteiger partial charge >= 0.3 is 0 Å². The smallest absolute Gasteiger partial charge is 0.264 e. The van der Waals surface area contributed by atoms with Crippen LogP contribution in [0.25, 0.3) is 0 Å². The normalized spacial score (nSPS) is 14.4. The van der Waals surface area contributed by atoms with Gasteiger partial charge in [-0.25, -0.2) is 4.39 Å². The van der Waals surface area contributed by atoms with Crippen LogP contribution >= 0.6 is 11.3 Å². The van der Waals surface area contributed by atoms with E-state index in [1.807, 2.05) is 33.4 Å². The van der Waals surface area contributed by atoms with Gasteiger partial charge in [0.25, 0.3) is 5.91 Å². The Balaban J connectivity index is 1.48. The second kappa shape index (κ2) is 10.5. The van der Waals surface area contributed by atoms with Crippen molar-refractivity contribution in [1.29, 1.82) is 0 Å². The fraction of sp³-hybridized carbons (Fsp3) is 0.455. The van der Waals surface area contributed by atoms with Crippen molar-refractivity contribution in [3.8, 4) is 0 Å². The summed E-state index contributed by atoms with van der Waals surface area (Å²) in [5, 5.41) is 1.90. The first kappa shape index (κ1) is 21.5. The SMILES string of the molecule is CCCN(CCc1cccc(F)c1)CC(=O)N1CCN(C(=O)c2cccs2)CC1. The van der Waals surface area contributed by atoms with Gasteiger partial charge in [0.2, 0.25) is 5.91 Å². The van der Waals surface area contributed by atoms with Crippen LogP contribution < -0.4 is 0 Å². The first-order chi connectivity index (χ1) is 14.1. The maximum Gasteiger partial charge on any atom is 0.264 e. The molecule has 2 heterocycles. The lowest BCUT2D eigenvalue weighted by atomic mass is 10.1. The van der Waals surface area contributed by atoms with Crippen molar-refractivity contribution in [1.82, 2.24) is 14.7 Å². The molecule has 1 fully saturated rings. The third kappa shape index (κ3) is 6.11. The zero-order valence-corrected chi connectivity index (χ0v) is 17.7. The molecule has 2 amide bonds. The quantitative estimate of drug-likeness (QED) is 0.663. The number of rotatable bonds is 8. The number of hydrogen-bond acceptors (Lipinski definition) is 4. The monoisotopic (exact) mass is 417 g/mol. The standard InChI is InChI=1S/C22H28FN3O2S/c1-2-9-24(10-8-18-5-3-6-19(23)16-18)17-21(27)25-11-13-26(14-12-25)22(28)20-7-4-15-29-20/h3-7,15-16H,2,8-14,17H2,1H3. The van der Waals surface area contributed by atoms with Gasteiger partial charge < -0.3 is 9.80 Å². The number of halogens is 1. The van der Waals surface area contributed by atoms with Gasteiger partial charge in [0.05, 0.1) is 11.4 Å². The molecule has 0 unspecified atom stereocenters. The van der Waals surface area contributed by atoms with Gasteiger partial charge in [-0.2, -0.15) is 0 Å². The van der Waals surface area contributed by atoms with Crippen molar-refractivity contribution in [2.45, 2.75) is 19.8 Å². The molecular weight excluding hydrogens is 389 g/mol. The van der Waals surface area contributed by atoms with Crippen molar-refractivity contribution in [3.63, 3.8) is 0 Å². The average molecular weight is 418 g/mol. The molecule has 1 saturated heterocycles. The van der Waals surface area contributed by atoms with Crippen molar-refractivity contribution in [3.05, 3.63) is 58.0 Å². The second-order valence-electron chi connectivity index (χ2n) is 7.31. The van der Waals surface area contributed by atoms with Crippen LogP contribution in [-0.2, 0) is 11.2 Å². The number of amides is 2. The fourth-order valence-corrected chi connectivity index (χ4v) is 4.26. The Bertz CT molecular complexity index is 804. The maximum absolute atomic E-state index is 13.4. The molecule has 0 spiro atoms. The molecule has 0 N–H and O–H groups in total. The number of carbonyl (C=O) groups is 2. The van der Waals surface area contributed by atoms with Gasteiger partial charge in [-0.05, 0) is 48.5 Å². The Kier molecular flexibility index (Phi) is 7.77. The third-order valence-electron chi connectivity index (χ3n) is 5.16. The molecule has 1 aliphatic heterocycles. The van der Waals surface area contributed by atoms with Crippen LogP contribution in [0, 0.1) is 5.82 Å². The summed E-state index contributed by atoms with van der Waals surface area (Å²) in [7, 11) is 0. The van der Waals surface area contributed by atoms with E-state index in [-0.39, 0.29) is 17.6 Å². The van der Waals surface area contributed by atoms with Gasteiger partial charge in [0.15, 0.2) is 0 Å². The highest BCUT2D eigenvalue weighted by Crippen LogP contribution is 2.14. The number of hydrogen-bond donors (Lipinski definition) is 0. The summed E-state index contributed by atoms with van der Waals surface area (Å²) in [5.74, 6) is -0.0775. The molecule has 156 valence electrons. The van der Waals surface area contributed by atoms with E-state index in [0.29, 0.717) is 39.1 Å². The van der Waals surface area contributed by atoms with E-state index in [4.69, 9.17) is 0 Å². The summed E-state index contributed by atoms with van der Waals surface area (Å²) in [6, 6.07) is 10.3. The molecule has 7 heteroatoms. The average Bonchev–Trinajstić information content (AvgIpc) is 3.27. The number of carbonyl (C=O) groups excluding carboxylic acids is 2.